The summed E-state index contributed by atoms with van der Waals surface area (Å²) in [5.41, 5.74) is 2.13. The number of methoxy groups -OCH3 is 1. The number of hydrogen-bond donors (Lipinski definition) is 1. The van der Waals surface area contributed by atoms with Crippen LogP contribution in [0.3, 0.4) is 0 Å². The van der Waals surface area contributed by atoms with E-state index in [1.165, 1.54) is 7.11 Å². The zero-order chi connectivity index (χ0) is 20.4. The van der Waals surface area contributed by atoms with E-state index in [-0.39, 0.29) is 11.5 Å². The standard InChI is InChI=1S/C19H25ClN2O4S/c1-11-16(14-8-7-13(20)9-15(14)18(23)25-6)17(26-21-11)12(2)22-27(24)10-19(3,4)5/h7-9,12,22H,10H2,1-6H3/t12-,27?/m0/s1. The zero-order valence-electron chi connectivity index (χ0n) is 16.4. The Hall–Kier alpha value is -1.70. The zero-order valence-corrected chi connectivity index (χ0v) is 18.0. The van der Waals surface area contributed by atoms with Crippen LogP contribution in [0.25, 0.3) is 11.1 Å². The maximum absolute atomic E-state index is 12.4. The number of carbonyl (C=O) groups is 1. The van der Waals surface area contributed by atoms with E-state index in [1.54, 1.807) is 25.1 Å². The van der Waals surface area contributed by atoms with Crippen molar-refractivity contribution in [3.8, 4) is 11.1 Å². The van der Waals surface area contributed by atoms with Gasteiger partial charge in [-0.15, -0.1) is 0 Å². The molecule has 8 heteroatoms. The Morgan fingerprint density at radius 3 is 2.67 bits per heavy atom. The summed E-state index contributed by atoms with van der Waals surface area (Å²) in [4.78, 5) is 12.2. The second kappa shape index (κ2) is 8.54. The number of benzene rings is 1. The molecule has 27 heavy (non-hydrogen) atoms. The van der Waals surface area contributed by atoms with Gasteiger partial charge in [-0.2, -0.15) is 0 Å². The Morgan fingerprint density at radius 1 is 1.41 bits per heavy atom. The summed E-state index contributed by atoms with van der Waals surface area (Å²) < 4.78 is 25.8. The summed E-state index contributed by atoms with van der Waals surface area (Å²) in [5.74, 6) is 0.493. The molecule has 1 heterocycles. The lowest BCUT2D eigenvalue weighted by Crippen LogP contribution is -2.29. The van der Waals surface area contributed by atoms with Crippen LogP contribution in [0.1, 0.15) is 55.5 Å². The normalized spacial score (nSPS) is 14.0. The minimum Gasteiger partial charge on any atom is -0.465 e. The van der Waals surface area contributed by atoms with Gasteiger partial charge in [0.15, 0.2) is 5.76 Å². The topological polar surface area (TPSA) is 81.4 Å². The second-order valence-electron chi connectivity index (χ2n) is 7.58. The molecule has 0 fully saturated rings. The van der Waals surface area contributed by atoms with Crippen molar-refractivity contribution in [1.82, 2.24) is 9.88 Å². The van der Waals surface area contributed by atoms with E-state index < -0.39 is 17.0 Å². The summed E-state index contributed by atoms with van der Waals surface area (Å²) in [6.45, 7) is 9.71. The smallest absolute Gasteiger partial charge is 0.338 e. The first-order chi connectivity index (χ1) is 12.5. The van der Waals surface area contributed by atoms with Crippen LogP contribution in [0.2, 0.25) is 5.02 Å². The van der Waals surface area contributed by atoms with Crippen molar-refractivity contribution in [1.29, 1.82) is 0 Å². The first kappa shape index (κ1) is 21.6. The van der Waals surface area contributed by atoms with Crippen LogP contribution in [0.4, 0.5) is 0 Å². The van der Waals surface area contributed by atoms with Crippen molar-refractivity contribution < 1.29 is 18.3 Å². The second-order valence-corrected chi connectivity index (χ2v) is 9.23. The predicted molar refractivity (Wildman–Crippen MR) is 107 cm³/mol. The molecule has 2 rings (SSSR count). The van der Waals surface area contributed by atoms with Gasteiger partial charge in [0, 0.05) is 16.3 Å². The fraction of sp³-hybridized carbons (Fsp3) is 0.474. The lowest BCUT2D eigenvalue weighted by molar-refractivity contribution is 0.0601. The minimum atomic E-state index is -1.25. The largest absolute Gasteiger partial charge is 0.465 e. The van der Waals surface area contributed by atoms with E-state index in [2.05, 4.69) is 9.88 Å². The molecule has 0 amide bonds. The predicted octanol–water partition coefficient (Wildman–Crippen LogP) is 4.45. The maximum atomic E-state index is 12.4. The highest BCUT2D eigenvalue weighted by molar-refractivity contribution is 7.83. The van der Waals surface area contributed by atoms with E-state index in [1.807, 2.05) is 27.7 Å². The van der Waals surface area contributed by atoms with Crippen molar-refractivity contribution >= 4 is 28.6 Å². The Kier molecular flexibility index (Phi) is 6.83. The number of carbonyl (C=O) groups excluding carboxylic acids is 1. The molecule has 1 aromatic carbocycles. The molecule has 0 radical (unpaired) electrons. The SMILES string of the molecule is COC(=O)c1cc(Cl)ccc1-c1c(C)noc1[C@H](C)NS(=O)CC(C)(C)C. The summed E-state index contributed by atoms with van der Waals surface area (Å²) >= 11 is 6.05. The fourth-order valence-corrected chi connectivity index (χ4v) is 4.25. The lowest BCUT2D eigenvalue weighted by atomic mass is 9.96. The third kappa shape index (κ3) is 5.40. The summed E-state index contributed by atoms with van der Waals surface area (Å²) in [5, 5.41) is 4.47. The van der Waals surface area contributed by atoms with Crippen LogP contribution in [0.5, 0.6) is 0 Å². The molecule has 0 saturated heterocycles. The first-order valence-corrected chi connectivity index (χ1v) is 10.2. The van der Waals surface area contributed by atoms with Gasteiger partial charge in [-0.3, -0.25) is 0 Å². The molecule has 0 saturated carbocycles. The van der Waals surface area contributed by atoms with Crippen LogP contribution < -0.4 is 4.72 Å². The van der Waals surface area contributed by atoms with Crippen molar-refractivity contribution in [2.45, 2.75) is 40.7 Å². The van der Waals surface area contributed by atoms with Gasteiger partial charge in [0.05, 0.1) is 41.0 Å². The van der Waals surface area contributed by atoms with Crippen LogP contribution in [-0.2, 0) is 15.7 Å². The molecular weight excluding hydrogens is 388 g/mol. The number of ether oxygens (including phenoxy) is 1. The monoisotopic (exact) mass is 412 g/mol. The average Bonchev–Trinajstić information content (AvgIpc) is 2.93. The van der Waals surface area contributed by atoms with Gasteiger partial charge in [-0.25, -0.2) is 13.7 Å². The van der Waals surface area contributed by atoms with Gasteiger partial charge >= 0.3 is 5.97 Å². The highest BCUT2D eigenvalue weighted by Gasteiger charge is 2.26. The highest BCUT2D eigenvalue weighted by atomic mass is 35.5. The average molecular weight is 413 g/mol. The minimum absolute atomic E-state index is 0.0774. The summed E-state index contributed by atoms with van der Waals surface area (Å²) in [7, 11) is 0.0683. The molecule has 1 N–H and O–H groups in total. The molecule has 1 unspecified atom stereocenters. The van der Waals surface area contributed by atoms with Crippen molar-refractivity contribution in [3.63, 3.8) is 0 Å². The number of rotatable bonds is 6. The number of esters is 1. The van der Waals surface area contributed by atoms with Gasteiger partial charge in [0.1, 0.15) is 0 Å². The molecule has 2 aromatic rings. The third-order valence-electron chi connectivity index (χ3n) is 3.81. The number of aromatic nitrogens is 1. The van der Waals surface area contributed by atoms with E-state index in [0.29, 0.717) is 38.9 Å². The number of nitrogens with one attached hydrogen (secondary N) is 1. The Bertz CT molecular complexity index is 858. The van der Waals surface area contributed by atoms with Crippen LogP contribution in [-0.4, -0.2) is 28.2 Å². The molecule has 0 aliphatic heterocycles. The van der Waals surface area contributed by atoms with Gasteiger partial charge in [-0.05, 0) is 31.4 Å². The van der Waals surface area contributed by atoms with Crippen molar-refractivity contribution in [3.05, 3.63) is 40.2 Å². The Morgan fingerprint density at radius 2 is 2.07 bits per heavy atom. The quantitative estimate of drug-likeness (QED) is 0.709. The van der Waals surface area contributed by atoms with Crippen LogP contribution in [0.15, 0.2) is 22.7 Å². The number of aryl methyl sites for hydroxylation is 1. The molecule has 0 aliphatic rings. The van der Waals surface area contributed by atoms with E-state index in [4.69, 9.17) is 20.9 Å². The number of hydrogen-bond acceptors (Lipinski definition) is 5. The number of nitrogens with zero attached hydrogens (tertiary/aromatic N) is 1. The van der Waals surface area contributed by atoms with Crippen LogP contribution in [0, 0.1) is 12.3 Å². The molecule has 6 nitrogen and oxygen atoms in total. The molecule has 0 aliphatic carbocycles. The maximum Gasteiger partial charge on any atom is 0.338 e. The van der Waals surface area contributed by atoms with Gasteiger partial charge in [0.25, 0.3) is 0 Å². The highest BCUT2D eigenvalue weighted by Crippen LogP contribution is 2.35. The van der Waals surface area contributed by atoms with Crippen LogP contribution >= 0.6 is 11.6 Å². The number of halogens is 1. The fourth-order valence-electron chi connectivity index (χ4n) is 2.71. The summed E-state index contributed by atoms with van der Waals surface area (Å²) in [6, 6.07) is 4.60. The molecular formula is C19H25ClN2O4S. The third-order valence-corrected chi connectivity index (χ3v) is 5.79. The molecule has 148 valence electrons. The van der Waals surface area contributed by atoms with Gasteiger partial charge in [0.2, 0.25) is 0 Å². The first-order valence-electron chi connectivity index (χ1n) is 8.52. The summed E-state index contributed by atoms with van der Waals surface area (Å²) in [6.07, 6.45) is 0. The molecule has 2 atom stereocenters. The van der Waals surface area contributed by atoms with E-state index in [0.717, 1.165) is 0 Å². The van der Waals surface area contributed by atoms with Crippen molar-refractivity contribution in [2.24, 2.45) is 5.41 Å². The van der Waals surface area contributed by atoms with Gasteiger partial charge < -0.3 is 9.26 Å². The van der Waals surface area contributed by atoms with Gasteiger partial charge in [-0.1, -0.05) is 43.6 Å². The van der Waals surface area contributed by atoms with Crippen molar-refractivity contribution in [2.75, 3.05) is 12.9 Å². The molecule has 1 aromatic heterocycles. The lowest BCUT2D eigenvalue weighted by Gasteiger charge is -2.19. The molecule has 0 spiro atoms. The Balaban J connectivity index is 2.43. The molecule has 0 bridgehead atoms. The van der Waals surface area contributed by atoms with E-state index in [9.17, 15) is 9.00 Å². The van der Waals surface area contributed by atoms with E-state index >= 15 is 0 Å². The Labute approximate surface area is 167 Å².